The Kier molecular flexibility index (Phi) is 3.22. The molecule has 0 amide bonds. The van der Waals surface area contributed by atoms with E-state index >= 15 is 0 Å². The number of carbonyl (C=O) groups is 1. The molecule has 1 aromatic carbocycles. The zero-order chi connectivity index (χ0) is 12.4. The van der Waals surface area contributed by atoms with Crippen LogP contribution in [-0.4, -0.2) is 16.7 Å². The lowest BCUT2D eigenvalue weighted by Crippen LogP contribution is -2.38. The predicted molar refractivity (Wildman–Crippen MR) is 63.4 cm³/mol. The zero-order valence-corrected chi connectivity index (χ0v) is 9.70. The van der Waals surface area contributed by atoms with Gasteiger partial charge in [-0.25, -0.2) is 0 Å². The van der Waals surface area contributed by atoms with Crippen LogP contribution in [0.5, 0.6) is 0 Å². The van der Waals surface area contributed by atoms with Crippen LogP contribution in [0, 0.1) is 16.0 Å². The molecule has 1 aliphatic rings. The highest BCUT2D eigenvalue weighted by molar-refractivity contribution is 5.82. The molecule has 3 atom stereocenters. The molecule has 0 bridgehead atoms. The van der Waals surface area contributed by atoms with Crippen molar-refractivity contribution in [3.05, 3.63) is 46.0 Å². The second-order valence-electron chi connectivity index (χ2n) is 4.68. The van der Waals surface area contributed by atoms with E-state index in [2.05, 4.69) is 0 Å². The van der Waals surface area contributed by atoms with E-state index < -0.39 is 6.04 Å². The summed E-state index contributed by atoms with van der Waals surface area (Å²) < 4.78 is 0. The first-order valence-electron chi connectivity index (χ1n) is 5.80. The molecule has 0 aromatic heterocycles. The van der Waals surface area contributed by atoms with Crippen LogP contribution < -0.4 is 0 Å². The van der Waals surface area contributed by atoms with E-state index in [1.807, 2.05) is 30.3 Å². The normalized spacial score (nSPS) is 29.0. The molecule has 4 nitrogen and oxygen atoms in total. The Morgan fingerprint density at radius 3 is 2.53 bits per heavy atom. The first kappa shape index (κ1) is 11.8. The smallest absolute Gasteiger partial charge is 0.221 e. The molecule has 0 unspecified atom stereocenters. The molecule has 1 fully saturated rings. The Balaban J connectivity index is 2.30. The minimum absolute atomic E-state index is 0.136. The predicted octanol–water partition coefficient (Wildman–Crippen LogP) is 2.41. The Labute approximate surface area is 99.8 Å². The average molecular weight is 233 g/mol. The topological polar surface area (TPSA) is 60.2 Å². The lowest BCUT2D eigenvalue weighted by atomic mass is 9.75. The van der Waals surface area contributed by atoms with Gasteiger partial charge < -0.3 is 0 Å². The summed E-state index contributed by atoms with van der Waals surface area (Å²) in [6.45, 7) is 1.78. The summed E-state index contributed by atoms with van der Waals surface area (Å²) in [6, 6.07) is 8.68. The van der Waals surface area contributed by atoms with Crippen LogP contribution in [0.1, 0.15) is 31.2 Å². The van der Waals surface area contributed by atoms with E-state index in [0.717, 1.165) is 5.56 Å². The molecule has 90 valence electrons. The molecule has 17 heavy (non-hydrogen) atoms. The summed E-state index contributed by atoms with van der Waals surface area (Å²) in [5.74, 6) is -0.322. The molecular formula is C13H15NO3. The first-order valence-corrected chi connectivity index (χ1v) is 5.80. The fourth-order valence-electron chi connectivity index (χ4n) is 2.49. The summed E-state index contributed by atoms with van der Waals surface area (Å²) in [4.78, 5) is 22.6. The third-order valence-electron chi connectivity index (χ3n) is 3.53. The van der Waals surface area contributed by atoms with Crippen molar-refractivity contribution in [2.45, 2.75) is 31.7 Å². The molecule has 1 saturated carbocycles. The molecular weight excluding hydrogens is 218 g/mol. The van der Waals surface area contributed by atoms with Crippen LogP contribution in [0.4, 0.5) is 0 Å². The highest BCUT2D eigenvalue weighted by atomic mass is 16.6. The van der Waals surface area contributed by atoms with Crippen molar-refractivity contribution in [1.29, 1.82) is 0 Å². The minimum Gasteiger partial charge on any atom is -0.299 e. The molecule has 0 radical (unpaired) electrons. The van der Waals surface area contributed by atoms with E-state index in [9.17, 15) is 14.9 Å². The van der Waals surface area contributed by atoms with Gasteiger partial charge in [-0.1, -0.05) is 37.3 Å². The van der Waals surface area contributed by atoms with Gasteiger partial charge in [0.05, 0.1) is 5.92 Å². The lowest BCUT2D eigenvalue weighted by Gasteiger charge is -2.28. The summed E-state index contributed by atoms with van der Waals surface area (Å²) >= 11 is 0. The van der Waals surface area contributed by atoms with Crippen molar-refractivity contribution in [1.82, 2.24) is 0 Å². The van der Waals surface area contributed by atoms with Crippen LogP contribution in [0.25, 0.3) is 0 Å². The Bertz CT molecular complexity index is 430. The number of Topliss-reactive ketones (excluding diaryl/α,β-unsaturated/α-hetero) is 1. The van der Waals surface area contributed by atoms with Crippen molar-refractivity contribution in [3.8, 4) is 0 Å². The van der Waals surface area contributed by atoms with Crippen LogP contribution in [0.3, 0.4) is 0 Å². The summed E-state index contributed by atoms with van der Waals surface area (Å²) in [6.07, 6.45) is 0.641. The summed E-state index contributed by atoms with van der Waals surface area (Å²) in [7, 11) is 0. The number of ketones is 1. The summed E-state index contributed by atoms with van der Waals surface area (Å²) in [5, 5.41) is 11.1. The maximum Gasteiger partial charge on any atom is 0.221 e. The molecule has 0 aliphatic heterocycles. The van der Waals surface area contributed by atoms with E-state index in [4.69, 9.17) is 0 Å². The average Bonchev–Trinajstić information content (AvgIpc) is 2.33. The number of carbonyl (C=O) groups excluding carboxylic acids is 1. The lowest BCUT2D eigenvalue weighted by molar-refractivity contribution is -0.529. The van der Waals surface area contributed by atoms with Gasteiger partial charge in [-0.05, 0) is 5.56 Å². The monoisotopic (exact) mass is 233 g/mol. The summed E-state index contributed by atoms with van der Waals surface area (Å²) in [5.41, 5.74) is 0.898. The van der Waals surface area contributed by atoms with Crippen LogP contribution >= 0.6 is 0 Å². The van der Waals surface area contributed by atoms with Crippen LogP contribution in [0.2, 0.25) is 0 Å². The van der Waals surface area contributed by atoms with Gasteiger partial charge in [-0.3, -0.25) is 14.9 Å². The number of hydrogen-bond acceptors (Lipinski definition) is 3. The van der Waals surface area contributed by atoms with Gasteiger partial charge in [0.15, 0.2) is 0 Å². The molecule has 0 spiro atoms. The number of nitrogens with zero attached hydrogens (tertiary/aromatic N) is 1. The highest BCUT2D eigenvalue weighted by Crippen LogP contribution is 2.35. The Morgan fingerprint density at radius 2 is 1.94 bits per heavy atom. The molecule has 0 heterocycles. The second-order valence-corrected chi connectivity index (χ2v) is 4.68. The van der Waals surface area contributed by atoms with Gasteiger partial charge in [-0.15, -0.1) is 0 Å². The molecule has 4 heteroatoms. The van der Waals surface area contributed by atoms with Gasteiger partial charge in [0.25, 0.3) is 0 Å². The van der Waals surface area contributed by atoms with Crippen LogP contribution in [0.15, 0.2) is 30.3 Å². The highest BCUT2D eigenvalue weighted by Gasteiger charge is 2.41. The molecule has 1 aliphatic carbocycles. The van der Waals surface area contributed by atoms with E-state index in [0.29, 0.717) is 6.42 Å². The maximum absolute atomic E-state index is 11.7. The molecule has 0 saturated heterocycles. The van der Waals surface area contributed by atoms with E-state index in [1.165, 1.54) is 0 Å². The van der Waals surface area contributed by atoms with Crippen molar-refractivity contribution >= 4 is 5.78 Å². The number of benzene rings is 1. The van der Waals surface area contributed by atoms with Gasteiger partial charge in [0.1, 0.15) is 5.78 Å². The minimum atomic E-state index is -0.634. The fraction of sp³-hybridized carbons (Fsp3) is 0.462. The van der Waals surface area contributed by atoms with Crippen molar-refractivity contribution in [2.24, 2.45) is 5.92 Å². The first-order chi connectivity index (χ1) is 8.09. The standard InChI is InChI=1S/C13H15NO3/c1-9-7-12(14(16)17)11(8-13(9)15)10-5-3-2-4-6-10/h2-6,9,11-12H,7-8H2,1H3/t9-,11-,12+/m1/s1. The maximum atomic E-state index is 11.7. The largest absolute Gasteiger partial charge is 0.299 e. The molecule has 1 aromatic rings. The Hall–Kier alpha value is -1.71. The van der Waals surface area contributed by atoms with Crippen LogP contribution in [-0.2, 0) is 4.79 Å². The fourth-order valence-corrected chi connectivity index (χ4v) is 2.49. The van der Waals surface area contributed by atoms with Gasteiger partial charge in [0.2, 0.25) is 6.04 Å². The number of nitro groups is 1. The Morgan fingerprint density at radius 1 is 1.29 bits per heavy atom. The third-order valence-corrected chi connectivity index (χ3v) is 3.53. The zero-order valence-electron chi connectivity index (χ0n) is 9.70. The number of rotatable bonds is 2. The number of hydrogen-bond donors (Lipinski definition) is 0. The van der Waals surface area contributed by atoms with Crippen molar-refractivity contribution in [3.63, 3.8) is 0 Å². The second kappa shape index (κ2) is 4.65. The van der Waals surface area contributed by atoms with Crippen molar-refractivity contribution in [2.75, 3.05) is 0 Å². The van der Waals surface area contributed by atoms with Gasteiger partial charge >= 0.3 is 0 Å². The van der Waals surface area contributed by atoms with E-state index in [-0.39, 0.29) is 29.0 Å². The third kappa shape index (κ3) is 2.35. The molecule has 0 N–H and O–H groups in total. The SMILES string of the molecule is C[C@@H]1C[C@H]([N+](=O)[O-])[C@@H](c2ccccc2)CC1=O. The molecule has 2 rings (SSSR count). The van der Waals surface area contributed by atoms with Gasteiger partial charge in [-0.2, -0.15) is 0 Å². The van der Waals surface area contributed by atoms with E-state index in [1.54, 1.807) is 6.92 Å². The van der Waals surface area contributed by atoms with Gasteiger partial charge in [0, 0.05) is 23.7 Å². The quantitative estimate of drug-likeness (QED) is 0.582. The van der Waals surface area contributed by atoms with Crippen molar-refractivity contribution < 1.29 is 9.72 Å².